The molecule has 1 aromatic carbocycles. The van der Waals surface area contributed by atoms with Crippen LogP contribution in [0.4, 0.5) is 18.0 Å². The van der Waals surface area contributed by atoms with Crippen LogP contribution in [-0.4, -0.2) is 28.0 Å². The van der Waals surface area contributed by atoms with E-state index in [2.05, 4.69) is 15.6 Å². The van der Waals surface area contributed by atoms with Gasteiger partial charge >= 0.3 is 12.2 Å². The molecule has 0 bridgehead atoms. The molecule has 0 spiro atoms. The highest BCUT2D eigenvalue weighted by molar-refractivity contribution is 5.83. The maximum atomic E-state index is 12.7. The molecule has 0 fully saturated rings. The fourth-order valence-electron chi connectivity index (χ4n) is 1.99. The van der Waals surface area contributed by atoms with Gasteiger partial charge in [-0.05, 0) is 18.2 Å². The first-order chi connectivity index (χ1) is 10.7. The van der Waals surface area contributed by atoms with E-state index in [4.69, 9.17) is 5.73 Å². The molecule has 0 radical (unpaired) electrons. The number of hydrogen-bond donors (Lipinski definition) is 3. The summed E-state index contributed by atoms with van der Waals surface area (Å²) in [6, 6.07) is 2.42. The normalized spacial score (nSPS) is 11.5. The molecule has 2 aromatic rings. The van der Waals surface area contributed by atoms with Crippen LogP contribution in [0, 0.1) is 0 Å². The molecule has 0 aliphatic heterocycles. The van der Waals surface area contributed by atoms with Gasteiger partial charge in [0.15, 0.2) is 0 Å². The number of fused-ring (bicyclic) bond motifs is 1. The van der Waals surface area contributed by atoms with E-state index in [9.17, 15) is 22.8 Å². The number of nitrogens with two attached hydrogens (primary N) is 1. The lowest BCUT2D eigenvalue weighted by molar-refractivity contribution is -0.137. The zero-order chi connectivity index (χ0) is 17.2. The quantitative estimate of drug-likeness (QED) is 0.776. The Morgan fingerprint density at radius 1 is 1.30 bits per heavy atom. The van der Waals surface area contributed by atoms with Crippen LogP contribution in [0.25, 0.3) is 11.0 Å². The van der Waals surface area contributed by atoms with Gasteiger partial charge in [-0.3, -0.25) is 4.79 Å². The number of primary amides is 1. The number of nitrogens with one attached hydrogen (secondary N) is 2. The average Bonchev–Trinajstić information content (AvgIpc) is 2.78. The molecule has 4 N–H and O–H groups in total. The first kappa shape index (κ1) is 16.6. The van der Waals surface area contributed by atoms with Crippen molar-refractivity contribution in [3.63, 3.8) is 0 Å². The number of hydrogen-bond acceptors (Lipinski definition) is 3. The van der Waals surface area contributed by atoms with Gasteiger partial charge in [-0.25, -0.2) is 9.78 Å². The second-order valence-electron chi connectivity index (χ2n) is 4.78. The van der Waals surface area contributed by atoms with Crippen molar-refractivity contribution in [3.05, 3.63) is 29.6 Å². The van der Waals surface area contributed by atoms with Gasteiger partial charge in [0, 0.05) is 7.05 Å². The molecule has 124 valence electrons. The van der Waals surface area contributed by atoms with E-state index < -0.39 is 23.7 Å². The molecule has 1 heterocycles. The Balaban J connectivity index is 2.14. The van der Waals surface area contributed by atoms with E-state index in [0.717, 1.165) is 12.1 Å². The first-order valence-corrected chi connectivity index (χ1v) is 6.51. The highest BCUT2D eigenvalue weighted by Gasteiger charge is 2.31. The summed E-state index contributed by atoms with van der Waals surface area (Å²) in [4.78, 5) is 26.0. The summed E-state index contributed by atoms with van der Waals surface area (Å²) >= 11 is 0. The Morgan fingerprint density at radius 2 is 2.00 bits per heavy atom. The van der Waals surface area contributed by atoms with Gasteiger partial charge < -0.3 is 20.9 Å². The fraction of sp³-hybridized carbons (Fsp3) is 0.308. The highest BCUT2D eigenvalue weighted by atomic mass is 19.4. The Kier molecular flexibility index (Phi) is 4.43. The molecule has 0 saturated carbocycles. The SMILES string of the molecule is Cn1c(CNC(=O)CNC(N)=O)nc2cc(C(F)(F)F)ccc21. The standard InChI is InChI=1S/C13H14F3N5O2/c1-21-9-3-2-7(13(14,15)16)4-8(9)20-10(21)5-18-11(22)6-19-12(17)23/h2-4H,5-6H2,1H3,(H,18,22)(H3,17,19,23). The predicted octanol–water partition coefficient (Wildman–Crippen LogP) is 0.877. The van der Waals surface area contributed by atoms with E-state index in [-0.39, 0.29) is 18.6 Å². The average molecular weight is 329 g/mol. The maximum Gasteiger partial charge on any atom is 0.416 e. The second kappa shape index (κ2) is 6.15. The Bertz CT molecular complexity index is 754. The van der Waals surface area contributed by atoms with Gasteiger partial charge in [-0.15, -0.1) is 0 Å². The van der Waals surface area contributed by atoms with Crippen LogP contribution in [0.5, 0.6) is 0 Å². The molecule has 0 atom stereocenters. The van der Waals surface area contributed by atoms with Crippen molar-refractivity contribution in [2.75, 3.05) is 6.54 Å². The number of amides is 3. The molecular weight excluding hydrogens is 315 g/mol. The number of benzene rings is 1. The summed E-state index contributed by atoms with van der Waals surface area (Å²) < 4.78 is 39.7. The zero-order valence-electron chi connectivity index (χ0n) is 12.1. The highest BCUT2D eigenvalue weighted by Crippen LogP contribution is 2.31. The summed E-state index contributed by atoms with van der Waals surface area (Å²) in [6.07, 6.45) is -4.44. The number of nitrogens with zero attached hydrogens (tertiary/aromatic N) is 2. The van der Waals surface area contributed by atoms with Crippen molar-refractivity contribution in [1.29, 1.82) is 0 Å². The van der Waals surface area contributed by atoms with Crippen LogP contribution in [0.1, 0.15) is 11.4 Å². The summed E-state index contributed by atoms with van der Waals surface area (Å²) in [5.74, 6) is -0.112. The molecule has 0 unspecified atom stereocenters. The van der Waals surface area contributed by atoms with E-state index in [1.807, 2.05) is 0 Å². The van der Waals surface area contributed by atoms with E-state index in [0.29, 0.717) is 11.3 Å². The molecule has 0 aliphatic rings. The van der Waals surface area contributed by atoms with E-state index in [1.54, 1.807) is 11.6 Å². The van der Waals surface area contributed by atoms with Crippen LogP contribution in [0.2, 0.25) is 0 Å². The molecule has 2 rings (SSSR count). The molecule has 7 nitrogen and oxygen atoms in total. The Morgan fingerprint density at radius 3 is 2.61 bits per heavy atom. The van der Waals surface area contributed by atoms with Crippen LogP contribution in [0.15, 0.2) is 18.2 Å². The van der Waals surface area contributed by atoms with Crippen molar-refractivity contribution in [2.24, 2.45) is 12.8 Å². The number of carbonyl (C=O) groups excluding carboxylic acids is 2. The van der Waals surface area contributed by atoms with E-state index in [1.165, 1.54) is 6.07 Å². The van der Waals surface area contributed by atoms with Gasteiger partial charge in [-0.2, -0.15) is 13.2 Å². The number of halogens is 3. The molecular formula is C13H14F3N5O2. The number of carbonyl (C=O) groups is 2. The fourth-order valence-corrected chi connectivity index (χ4v) is 1.99. The number of aryl methyl sites for hydroxylation is 1. The summed E-state index contributed by atoms with van der Waals surface area (Å²) in [6.45, 7) is -0.288. The van der Waals surface area contributed by atoms with Crippen molar-refractivity contribution in [2.45, 2.75) is 12.7 Å². The minimum atomic E-state index is -4.44. The van der Waals surface area contributed by atoms with Gasteiger partial charge in [0.1, 0.15) is 5.82 Å². The van der Waals surface area contributed by atoms with Crippen molar-refractivity contribution in [1.82, 2.24) is 20.2 Å². The second-order valence-corrected chi connectivity index (χ2v) is 4.78. The lowest BCUT2D eigenvalue weighted by Gasteiger charge is -2.06. The third-order valence-electron chi connectivity index (χ3n) is 3.17. The zero-order valence-corrected chi connectivity index (χ0v) is 12.1. The molecule has 3 amide bonds. The number of imidazole rings is 1. The Labute approximate surface area is 128 Å². The Hall–Kier alpha value is -2.78. The number of aromatic nitrogens is 2. The monoisotopic (exact) mass is 329 g/mol. The van der Waals surface area contributed by atoms with Crippen molar-refractivity contribution >= 4 is 23.0 Å². The molecule has 10 heteroatoms. The smallest absolute Gasteiger partial charge is 0.352 e. The van der Waals surface area contributed by atoms with Crippen LogP contribution in [-0.2, 0) is 24.6 Å². The van der Waals surface area contributed by atoms with Gasteiger partial charge in [0.05, 0.1) is 29.7 Å². The van der Waals surface area contributed by atoms with Crippen LogP contribution < -0.4 is 16.4 Å². The summed E-state index contributed by atoms with van der Waals surface area (Å²) in [7, 11) is 1.63. The van der Waals surface area contributed by atoms with Gasteiger partial charge in [-0.1, -0.05) is 0 Å². The first-order valence-electron chi connectivity index (χ1n) is 6.51. The van der Waals surface area contributed by atoms with Crippen molar-refractivity contribution < 1.29 is 22.8 Å². The van der Waals surface area contributed by atoms with E-state index >= 15 is 0 Å². The number of urea groups is 1. The third kappa shape index (κ3) is 3.90. The molecule has 1 aromatic heterocycles. The lowest BCUT2D eigenvalue weighted by Crippen LogP contribution is -2.39. The maximum absolute atomic E-state index is 12.7. The minimum Gasteiger partial charge on any atom is -0.352 e. The van der Waals surface area contributed by atoms with Gasteiger partial charge in [0.2, 0.25) is 5.91 Å². The third-order valence-corrected chi connectivity index (χ3v) is 3.17. The molecule has 0 saturated heterocycles. The van der Waals surface area contributed by atoms with Crippen LogP contribution in [0.3, 0.4) is 0 Å². The lowest BCUT2D eigenvalue weighted by atomic mass is 10.2. The van der Waals surface area contributed by atoms with Gasteiger partial charge in [0.25, 0.3) is 0 Å². The van der Waals surface area contributed by atoms with Crippen molar-refractivity contribution in [3.8, 4) is 0 Å². The number of rotatable bonds is 4. The molecule has 23 heavy (non-hydrogen) atoms. The predicted molar refractivity (Wildman–Crippen MR) is 75.1 cm³/mol. The minimum absolute atomic E-state index is 0.00576. The van der Waals surface area contributed by atoms with Crippen LogP contribution >= 0.6 is 0 Å². The largest absolute Gasteiger partial charge is 0.416 e. The topological polar surface area (TPSA) is 102 Å². The summed E-state index contributed by atoms with van der Waals surface area (Å²) in [5.41, 5.74) is 4.74. The molecule has 0 aliphatic carbocycles. The number of alkyl halides is 3. The summed E-state index contributed by atoms with van der Waals surface area (Å²) in [5, 5.41) is 4.61.